The molecule has 0 radical (unpaired) electrons. The average Bonchev–Trinajstić information content (AvgIpc) is 2.50. The number of aromatic nitrogens is 1. The molecule has 0 bridgehead atoms. The predicted molar refractivity (Wildman–Crippen MR) is 72.7 cm³/mol. The van der Waals surface area contributed by atoms with Crippen molar-refractivity contribution >= 4 is 11.6 Å². The van der Waals surface area contributed by atoms with E-state index in [1.54, 1.807) is 25.1 Å². The normalized spacial score (nSPS) is 9.85. The van der Waals surface area contributed by atoms with Crippen molar-refractivity contribution in [3.8, 4) is 6.07 Å². The fraction of sp³-hybridized carbons (Fsp3) is 0.133. The molecule has 2 aromatic rings. The first kappa shape index (κ1) is 13.7. The number of carbonyl (C=O) groups excluding carboxylic acids is 1. The molecule has 0 saturated carbocycles. The van der Waals surface area contributed by atoms with Crippen molar-refractivity contribution in [2.45, 2.75) is 6.92 Å². The summed E-state index contributed by atoms with van der Waals surface area (Å²) in [6.45, 7) is 2.08. The van der Waals surface area contributed by atoms with Gasteiger partial charge in [-0.3, -0.25) is 4.79 Å². The number of nitriles is 1. The molecule has 0 spiro atoms. The minimum atomic E-state index is -0.462. The number of anilines is 1. The molecule has 0 aliphatic heterocycles. The Bertz CT molecular complexity index is 662. The standard InChI is InChI=1S/C15H12FN3O/c1-2-19(14-6-4-3-5-12(14)16)15(20)13-8-7-11(9-17)10-18-13/h3-8,10H,2H2,1H3. The molecule has 1 amide bonds. The lowest BCUT2D eigenvalue weighted by atomic mass is 10.2. The van der Waals surface area contributed by atoms with Crippen LogP contribution in [0.15, 0.2) is 42.6 Å². The minimum Gasteiger partial charge on any atom is -0.304 e. The molecule has 1 aromatic heterocycles. The van der Waals surface area contributed by atoms with Crippen LogP contribution in [0.2, 0.25) is 0 Å². The molecule has 4 nitrogen and oxygen atoms in total. The van der Waals surface area contributed by atoms with E-state index in [1.807, 2.05) is 6.07 Å². The van der Waals surface area contributed by atoms with Crippen LogP contribution in [0.5, 0.6) is 0 Å². The van der Waals surface area contributed by atoms with Crippen molar-refractivity contribution in [3.05, 3.63) is 59.7 Å². The Hall–Kier alpha value is -2.74. The summed E-state index contributed by atoms with van der Waals surface area (Å²) in [5, 5.41) is 8.70. The van der Waals surface area contributed by atoms with Crippen LogP contribution >= 0.6 is 0 Å². The van der Waals surface area contributed by atoms with Crippen LogP contribution in [0.3, 0.4) is 0 Å². The summed E-state index contributed by atoms with van der Waals surface area (Å²) in [4.78, 5) is 17.6. The number of nitrogens with zero attached hydrogens (tertiary/aromatic N) is 3. The summed E-state index contributed by atoms with van der Waals surface area (Å²) in [5.41, 5.74) is 0.760. The topological polar surface area (TPSA) is 57.0 Å². The summed E-state index contributed by atoms with van der Waals surface area (Å²) in [6, 6.07) is 11.0. The molecule has 20 heavy (non-hydrogen) atoms. The van der Waals surface area contributed by atoms with E-state index in [4.69, 9.17) is 5.26 Å². The second-order valence-corrected chi connectivity index (χ2v) is 4.04. The zero-order chi connectivity index (χ0) is 14.5. The van der Waals surface area contributed by atoms with Gasteiger partial charge in [0.15, 0.2) is 0 Å². The third-order valence-electron chi connectivity index (χ3n) is 2.82. The van der Waals surface area contributed by atoms with Crippen LogP contribution < -0.4 is 4.90 Å². The van der Waals surface area contributed by atoms with Crippen LogP contribution in [0.4, 0.5) is 10.1 Å². The van der Waals surface area contributed by atoms with Crippen molar-refractivity contribution in [2.24, 2.45) is 0 Å². The van der Waals surface area contributed by atoms with E-state index in [0.29, 0.717) is 12.1 Å². The summed E-state index contributed by atoms with van der Waals surface area (Å²) >= 11 is 0. The lowest BCUT2D eigenvalue weighted by molar-refractivity contribution is 0.0982. The van der Waals surface area contributed by atoms with Crippen molar-refractivity contribution in [2.75, 3.05) is 11.4 Å². The number of para-hydroxylation sites is 1. The number of halogens is 1. The Balaban J connectivity index is 2.34. The van der Waals surface area contributed by atoms with Crippen LogP contribution in [-0.2, 0) is 0 Å². The highest BCUT2D eigenvalue weighted by Gasteiger charge is 2.19. The largest absolute Gasteiger partial charge is 0.304 e. The average molecular weight is 269 g/mol. The first-order valence-electron chi connectivity index (χ1n) is 6.10. The van der Waals surface area contributed by atoms with E-state index >= 15 is 0 Å². The molecule has 1 aromatic carbocycles. The van der Waals surface area contributed by atoms with E-state index in [-0.39, 0.29) is 11.4 Å². The van der Waals surface area contributed by atoms with Gasteiger partial charge in [-0.2, -0.15) is 5.26 Å². The first-order chi connectivity index (χ1) is 9.67. The molecule has 0 atom stereocenters. The van der Waals surface area contributed by atoms with Gasteiger partial charge in [0.1, 0.15) is 17.6 Å². The molecule has 0 fully saturated rings. The van der Waals surface area contributed by atoms with Crippen molar-refractivity contribution < 1.29 is 9.18 Å². The zero-order valence-electron chi connectivity index (χ0n) is 10.9. The van der Waals surface area contributed by atoms with Gasteiger partial charge < -0.3 is 4.90 Å². The maximum Gasteiger partial charge on any atom is 0.276 e. The highest BCUT2D eigenvalue weighted by atomic mass is 19.1. The lowest BCUT2D eigenvalue weighted by Crippen LogP contribution is -2.32. The van der Waals surface area contributed by atoms with E-state index in [9.17, 15) is 9.18 Å². The fourth-order valence-electron chi connectivity index (χ4n) is 1.82. The van der Waals surface area contributed by atoms with Crippen LogP contribution in [0.25, 0.3) is 0 Å². The monoisotopic (exact) mass is 269 g/mol. The molecular weight excluding hydrogens is 257 g/mol. The van der Waals surface area contributed by atoms with Gasteiger partial charge in [0.05, 0.1) is 11.3 Å². The van der Waals surface area contributed by atoms with Crippen LogP contribution in [0.1, 0.15) is 23.0 Å². The summed E-state index contributed by atoms with van der Waals surface area (Å²) in [6.07, 6.45) is 1.32. The number of amides is 1. The molecule has 100 valence electrons. The SMILES string of the molecule is CCN(C(=O)c1ccc(C#N)cn1)c1ccccc1F. The van der Waals surface area contributed by atoms with E-state index in [1.165, 1.54) is 29.3 Å². The fourth-order valence-corrected chi connectivity index (χ4v) is 1.82. The number of pyridine rings is 1. The first-order valence-corrected chi connectivity index (χ1v) is 6.10. The van der Waals surface area contributed by atoms with Gasteiger partial charge in [0, 0.05) is 12.7 Å². The van der Waals surface area contributed by atoms with E-state index in [2.05, 4.69) is 4.98 Å². The second-order valence-electron chi connectivity index (χ2n) is 4.04. The molecule has 0 saturated heterocycles. The summed E-state index contributed by atoms with van der Waals surface area (Å²) in [5.74, 6) is -0.863. The number of benzene rings is 1. The molecule has 0 aliphatic rings. The minimum absolute atomic E-state index is 0.175. The molecule has 0 N–H and O–H groups in total. The Morgan fingerprint density at radius 3 is 2.65 bits per heavy atom. The maximum atomic E-state index is 13.8. The van der Waals surface area contributed by atoms with Crippen molar-refractivity contribution in [1.29, 1.82) is 5.26 Å². The molecule has 1 heterocycles. The van der Waals surface area contributed by atoms with Gasteiger partial charge in [-0.1, -0.05) is 12.1 Å². The number of rotatable bonds is 3. The Kier molecular flexibility index (Phi) is 4.06. The number of hydrogen-bond donors (Lipinski definition) is 0. The van der Waals surface area contributed by atoms with E-state index < -0.39 is 11.7 Å². The van der Waals surface area contributed by atoms with Crippen LogP contribution in [-0.4, -0.2) is 17.4 Å². The van der Waals surface area contributed by atoms with Crippen molar-refractivity contribution in [1.82, 2.24) is 4.98 Å². The summed E-state index contributed by atoms with van der Waals surface area (Å²) in [7, 11) is 0. The highest BCUT2D eigenvalue weighted by molar-refractivity contribution is 6.04. The number of hydrogen-bond acceptors (Lipinski definition) is 3. The molecule has 5 heteroatoms. The van der Waals surface area contributed by atoms with Gasteiger partial charge >= 0.3 is 0 Å². The Morgan fingerprint density at radius 1 is 1.35 bits per heavy atom. The summed E-state index contributed by atoms with van der Waals surface area (Å²) < 4.78 is 13.8. The third-order valence-corrected chi connectivity index (χ3v) is 2.82. The van der Waals surface area contributed by atoms with Gasteiger partial charge in [-0.05, 0) is 31.2 Å². The zero-order valence-corrected chi connectivity index (χ0v) is 10.9. The number of carbonyl (C=O) groups is 1. The highest BCUT2D eigenvalue weighted by Crippen LogP contribution is 2.20. The van der Waals surface area contributed by atoms with Gasteiger partial charge in [-0.15, -0.1) is 0 Å². The quantitative estimate of drug-likeness (QED) is 0.860. The Morgan fingerprint density at radius 2 is 2.10 bits per heavy atom. The Labute approximate surface area is 116 Å². The lowest BCUT2D eigenvalue weighted by Gasteiger charge is -2.21. The molecule has 0 unspecified atom stereocenters. The third kappa shape index (κ3) is 2.64. The van der Waals surface area contributed by atoms with E-state index in [0.717, 1.165) is 0 Å². The second kappa shape index (κ2) is 5.93. The molecule has 2 rings (SSSR count). The van der Waals surface area contributed by atoms with Gasteiger partial charge in [0.25, 0.3) is 5.91 Å². The van der Waals surface area contributed by atoms with Gasteiger partial charge in [0.2, 0.25) is 0 Å². The van der Waals surface area contributed by atoms with Gasteiger partial charge in [-0.25, -0.2) is 9.37 Å². The molecule has 0 aliphatic carbocycles. The van der Waals surface area contributed by atoms with Crippen molar-refractivity contribution in [3.63, 3.8) is 0 Å². The molecular formula is C15H12FN3O. The predicted octanol–water partition coefficient (Wildman–Crippen LogP) is 2.76. The maximum absolute atomic E-state index is 13.8. The van der Waals surface area contributed by atoms with Crippen LogP contribution in [0, 0.1) is 17.1 Å². The smallest absolute Gasteiger partial charge is 0.276 e.